The Hall–Kier alpha value is -0.590. The number of carbonyl (C=O) groups excluding carboxylic acids is 1. The second kappa shape index (κ2) is 4.32. The number of rotatable bonds is 4. The summed E-state index contributed by atoms with van der Waals surface area (Å²) in [5.74, 6) is 1.41. The van der Waals surface area contributed by atoms with E-state index in [4.69, 9.17) is 0 Å². The summed E-state index contributed by atoms with van der Waals surface area (Å²) >= 11 is 0. The molecule has 11 heavy (non-hydrogen) atoms. The molecule has 0 amide bonds. The average molecular weight is 152 g/mol. The fraction of sp³-hybridized carbons (Fsp3) is 0.700. The largest absolute Gasteiger partial charge is 0.303 e. The fourth-order valence-electron chi connectivity index (χ4n) is 2.07. The second-order valence-electron chi connectivity index (χ2n) is 3.38. The average Bonchev–Trinajstić information content (AvgIpc) is 2.39. The van der Waals surface area contributed by atoms with Gasteiger partial charge in [0.05, 0.1) is 0 Å². The van der Waals surface area contributed by atoms with Crippen LogP contribution in [0.25, 0.3) is 0 Å². The van der Waals surface area contributed by atoms with Gasteiger partial charge in [-0.2, -0.15) is 0 Å². The molecule has 0 aromatic heterocycles. The molecule has 0 radical (unpaired) electrons. The molecule has 2 atom stereocenters. The van der Waals surface area contributed by atoms with Crippen LogP contribution in [0.5, 0.6) is 0 Å². The number of hydrogen-bond donors (Lipinski definition) is 0. The molecule has 0 N–H and O–H groups in total. The van der Waals surface area contributed by atoms with Crippen molar-refractivity contribution < 1.29 is 4.79 Å². The molecule has 1 fully saturated rings. The highest BCUT2D eigenvalue weighted by Crippen LogP contribution is 2.35. The van der Waals surface area contributed by atoms with Crippen molar-refractivity contribution in [3.8, 4) is 0 Å². The highest BCUT2D eigenvalue weighted by Gasteiger charge is 2.25. The predicted molar refractivity (Wildman–Crippen MR) is 46.3 cm³/mol. The standard InChI is InChI=1S/C10H16O/c1-2-4-9-5-3-6-10(9)7-8-11/h2,8-10H,1,3-7H2/t9-,10+/m1/s1. The smallest absolute Gasteiger partial charge is 0.120 e. The Bertz CT molecular complexity index is 124. The number of aldehydes is 1. The van der Waals surface area contributed by atoms with E-state index in [0.717, 1.165) is 25.0 Å². The molecule has 1 saturated carbocycles. The van der Waals surface area contributed by atoms with Gasteiger partial charge in [-0.3, -0.25) is 0 Å². The van der Waals surface area contributed by atoms with Gasteiger partial charge >= 0.3 is 0 Å². The summed E-state index contributed by atoms with van der Waals surface area (Å²) in [6.45, 7) is 3.73. The molecule has 1 aliphatic carbocycles. The van der Waals surface area contributed by atoms with E-state index < -0.39 is 0 Å². The Kier molecular flexibility index (Phi) is 3.34. The molecule has 0 aromatic rings. The lowest BCUT2D eigenvalue weighted by Crippen LogP contribution is -2.07. The van der Waals surface area contributed by atoms with E-state index in [1.165, 1.54) is 19.3 Å². The van der Waals surface area contributed by atoms with Crippen LogP contribution in [0.2, 0.25) is 0 Å². The third kappa shape index (κ3) is 2.18. The van der Waals surface area contributed by atoms with Gasteiger partial charge in [-0.05, 0) is 31.1 Å². The Morgan fingerprint density at radius 2 is 1.91 bits per heavy atom. The number of allylic oxidation sites excluding steroid dienone is 1. The Balaban J connectivity index is 2.36. The lowest BCUT2D eigenvalue weighted by Gasteiger charge is -2.14. The van der Waals surface area contributed by atoms with E-state index in [-0.39, 0.29) is 0 Å². The summed E-state index contributed by atoms with van der Waals surface area (Å²) in [5.41, 5.74) is 0. The fourth-order valence-corrected chi connectivity index (χ4v) is 2.07. The quantitative estimate of drug-likeness (QED) is 0.447. The Morgan fingerprint density at radius 1 is 1.27 bits per heavy atom. The maximum absolute atomic E-state index is 10.3. The number of carbonyl (C=O) groups is 1. The van der Waals surface area contributed by atoms with Crippen LogP contribution >= 0.6 is 0 Å². The normalized spacial score (nSPS) is 30.2. The first-order valence-corrected chi connectivity index (χ1v) is 4.43. The molecule has 0 bridgehead atoms. The van der Waals surface area contributed by atoms with E-state index in [0.29, 0.717) is 5.92 Å². The van der Waals surface area contributed by atoms with Gasteiger partial charge in [0.15, 0.2) is 0 Å². The van der Waals surface area contributed by atoms with Crippen LogP contribution in [0.15, 0.2) is 12.7 Å². The summed E-state index contributed by atoms with van der Waals surface area (Å²) in [6.07, 6.45) is 8.75. The van der Waals surface area contributed by atoms with Gasteiger partial charge < -0.3 is 4.79 Å². The zero-order chi connectivity index (χ0) is 8.10. The minimum Gasteiger partial charge on any atom is -0.303 e. The molecule has 0 saturated heterocycles. The monoisotopic (exact) mass is 152 g/mol. The molecule has 1 nitrogen and oxygen atoms in total. The lowest BCUT2D eigenvalue weighted by atomic mass is 9.91. The van der Waals surface area contributed by atoms with Crippen molar-refractivity contribution in [2.24, 2.45) is 11.8 Å². The molecular weight excluding hydrogens is 136 g/mol. The van der Waals surface area contributed by atoms with Crippen molar-refractivity contribution in [3.63, 3.8) is 0 Å². The van der Waals surface area contributed by atoms with Crippen molar-refractivity contribution in [2.75, 3.05) is 0 Å². The topological polar surface area (TPSA) is 17.1 Å². The molecule has 0 aliphatic heterocycles. The van der Waals surface area contributed by atoms with Crippen LogP contribution in [0, 0.1) is 11.8 Å². The summed E-state index contributed by atoms with van der Waals surface area (Å²) in [7, 11) is 0. The first-order valence-electron chi connectivity index (χ1n) is 4.43. The molecule has 1 aliphatic rings. The zero-order valence-electron chi connectivity index (χ0n) is 6.96. The van der Waals surface area contributed by atoms with Crippen molar-refractivity contribution in [1.82, 2.24) is 0 Å². The molecule has 0 spiro atoms. The van der Waals surface area contributed by atoms with Crippen LogP contribution in [-0.4, -0.2) is 6.29 Å². The van der Waals surface area contributed by atoms with Crippen molar-refractivity contribution in [3.05, 3.63) is 12.7 Å². The SMILES string of the molecule is C=CC[C@@H]1CCC[C@H]1CC=O. The van der Waals surface area contributed by atoms with Crippen molar-refractivity contribution in [2.45, 2.75) is 32.1 Å². The summed E-state index contributed by atoms with van der Waals surface area (Å²) in [4.78, 5) is 10.3. The van der Waals surface area contributed by atoms with Gasteiger partial charge in [0.2, 0.25) is 0 Å². The minimum atomic E-state index is 0.658. The highest BCUT2D eigenvalue weighted by atomic mass is 16.1. The van der Waals surface area contributed by atoms with E-state index in [2.05, 4.69) is 6.58 Å². The van der Waals surface area contributed by atoms with Gasteiger partial charge in [-0.25, -0.2) is 0 Å². The van der Waals surface area contributed by atoms with E-state index in [1.807, 2.05) is 6.08 Å². The molecule has 0 aromatic carbocycles. The van der Waals surface area contributed by atoms with Gasteiger partial charge in [0.1, 0.15) is 6.29 Å². The summed E-state index contributed by atoms with van der Waals surface area (Å²) in [6, 6.07) is 0. The van der Waals surface area contributed by atoms with Crippen molar-refractivity contribution >= 4 is 6.29 Å². The van der Waals surface area contributed by atoms with E-state index in [1.54, 1.807) is 0 Å². The molecule has 0 unspecified atom stereocenters. The minimum absolute atomic E-state index is 0.658. The second-order valence-corrected chi connectivity index (χ2v) is 3.38. The van der Waals surface area contributed by atoms with Gasteiger partial charge in [0, 0.05) is 6.42 Å². The van der Waals surface area contributed by atoms with Crippen LogP contribution in [-0.2, 0) is 4.79 Å². The zero-order valence-corrected chi connectivity index (χ0v) is 6.96. The Labute approximate surface area is 68.5 Å². The third-order valence-electron chi connectivity index (χ3n) is 2.68. The van der Waals surface area contributed by atoms with Gasteiger partial charge in [-0.1, -0.05) is 12.5 Å². The van der Waals surface area contributed by atoms with Gasteiger partial charge in [-0.15, -0.1) is 6.58 Å². The first kappa shape index (κ1) is 8.51. The van der Waals surface area contributed by atoms with Gasteiger partial charge in [0.25, 0.3) is 0 Å². The summed E-state index contributed by atoms with van der Waals surface area (Å²) < 4.78 is 0. The number of hydrogen-bond acceptors (Lipinski definition) is 1. The highest BCUT2D eigenvalue weighted by molar-refractivity contribution is 5.49. The first-order chi connectivity index (χ1) is 5.38. The van der Waals surface area contributed by atoms with Crippen molar-refractivity contribution in [1.29, 1.82) is 0 Å². The Morgan fingerprint density at radius 3 is 2.45 bits per heavy atom. The molecule has 1 heteroatoms. The summed E-state index contributed by atoms with van der Waals surface area (Å²) in [5, 5.41) is 0. The van der Waals surface area contributed by atoms with E-state index >= 15 is 0 Å². The predicted octanol–water partition coefficient (Wildman–Crippen LogP) is 2.57. The lowest BCUT2D eigenvalue weighted by molar-refractivity contribution is -0.108. The third-order valence-corrected chi connectivity index (χ3v) is 2.68. The maximum Gasteiger partial charge on any atom is 0.120 e. The molecule has 62 valence electrons. The van der Waals surface area contributed by atoms with E-state index in [9.17, 15) is 4.79 Å². The maximum atomic E-state index is 10.3. The van der Waals surface area contributed by atoms with Crippen LogP contribution in [0.3, 0.4) is 0 Å². The molecular formula is C10H16O. The molecule has 0 heterocycles. The van der Waals surface area contributed by atoms with Crippen LogP contribution in [0.4, 0.5) is 0 Å². The molecule has 1 rings (SSSR count). The van der Waals surface area contributed by atoms with Crippen LogP contribution in [0.1, 0.15) is 32.1 Å². The van der Waals surface area contributed by atoms with Crippen LogP contribution < -0.4 is 0 Å².